The third-order valence-corrected chi connectivity index (χ3v) is 4.59. The molecule has 1 aliphatic carbocycles. The molecule has 0 aliphatic heterocycles. The van der Waals surface area contributed by atoms with Gasteiger partial charge < -0.3 is 0 Å². The Kier molecular flexibility index (Phi) is 5.15. The average molecular weight is 312 g/mol. The first-order valence-corrected chi connectivity index (χ1v) is 7.61. The Labute approximate surface area is 118 Å². The predicted molar refractivity (Wildman–Crippen MR) is 77.7 cm³/mol. The molecular weight excluding hydrogens is 290 g/mol. The number of nitrogens with one attached hydrogen (secondary N) is 1. The van der Waals surface area contributed by atoms with Crippen molar-refractivity contribution in [1.29, 1.82) is 0 Å². The minimum Gasteiger partial charge on any atom is -0.271 e. The SMILES string of the molecule is CCC1CCCC(C(NN)c2ccc(Br)cn2)C1. The van der Waals surface area contributed by atoms with Crippen LogP contribution in [0, 0.1) is 11.8 Å². The van der Waals surface area contributed by atoms with Crippen molar-refractivity contribution >= 4 is 15.9 Å². The van der Waals surface area contributed by atoms with Crippen molar-refractivity contribution in [2.45, 2.75) is 45.1 Å². The zero-order chi connectivity index (χ0) is 13.0. The van der Waals surface area contributed by atoms with Gasteiger partial charge in [-0.1, -0.05) is 26.2 Å². The Bertz CT molecular complexity index is 366. The van der Waals surface area contributed by atoms with E-state index in [0.29, 0.717) is 5.92 Å². The second-order valence-corrected chi connectivity index (χ2v) is 6.16. The number of hydrogen-bond donors (Lipinski definition) is 2. The number of aromatic nitrogens is 1. The zero-order valence-electron chi connectivity index (χ0n) is 10.9. The molecule has 3 atom stereocenters. The predicted octanol–water partition coefficient (Wildman–Crippen LogP) is 3.56. The van der Waals surface area contributed by atoms with E-state index in [1.807, 2.05) is 12.3 Å². The van der Waals surface area contributed by atoms with Gasteiger partial charge in [0.15, 0.2) is 0 Å². The standard InChI is InChI=1S/C14H22BrN3/c1-2-10-4-3-5-11(8-10)14(18-16)13-7-6-12(15)9-17-13/h6-7,9-11,14,18H,2-5,8,16H2,1H3. The first-order chi connectivity index (χ1) is 8.74. The third-order valence-electron chi connectivity index (χ3n) is 4.12. The maximum atomic E-state index is 5.76. The molecule has 4 heteroatoms. The maximum absolute atomic E-state index is 5.76. The van der Waals surface area contributed by atoms with Gasteiger partial charge in [0, 0.05) is 10.7 Å². The topological polar surface area (TPSA) is 50.9 Å². The normalized spacial score (nSPS) is 25.9. The fraction of sp³-hybridized carbons (Fsp3) is 0.643. The fourth-order valence-corrected chi connectivity index (χ4v) is 3.27. The van der Waals surface area contributed by atoms with Gasteiger partial charge in [-0.25, -0.2) is 0 Å². The summed E-state index contributed by atoms with van der Waals surface area (Å²) in [5, 5.41) is 0. The van der Waals surface area contributed by atoms with Crippen molar-refractivity contribution in [2.24, 2.45) is 17.7 Å². The molecule has 1 saturated carbocycles. The lowest BCUT2D eigenvalue weighted by Crippen LogP contribution is -2.36. The summed E-state index contributed by atoms with van der Waals surface area (Å²) in [6.07, 6.45) is 8.34. The molecular formula is C14H22BrN3. The molecule has 0 bridgehead atoms. The van der Waals surface area contributed by atoms with Crippen LogP contribution in [0.4, 0.5) is 0 Å². The van der Waals surface area contributed by atoms with E-state index in [9.17, 15) is 0 Å². The van der Waals surface area contributed by atoms with Gasteiger partial charge in [-0.3, -0.25) is 16.3 Å². The van der Waals surface area contributed by atoms with Crippen molar-refractivity contribution in [1.82, 2.24) is 10.4 Å². The summed E-state index contributed by atoms with van der Waals surface area (Å²) in [5.74, 6) is 7.23. The highest BCUT2D eigenvalue weighted by Crippen LogP contribution is 2.37. The second kappa shape index (κ2) is 6.64. The zero-order valence-corrected chi connectivity index (χ0v) is 12.5. The van der Waals surface area contributed by atoms with Crippen LogP contribution in [0.3, 0.4) is 0 Å². The molecule has 0 saturated heterocycles. The number of halogens is 1. The van der Waals surface area contributed by atoms with Gasteiger partial charge in [-0.15, -0.1) is 0 Å². The molecule has 0 radical (unpaired) electrons. The average Bonchev–Trinajstić information content (AvgIpc) is 2.42. The molecule has 0 aromatic carbocycles. The van der Waals surface area contributed by atoms with Crippen LogP contribution in [0.5, 0.6) is 0 Å². The van der Waals surface area contributed by atoms with Crippen molar-refractivity contribution < 1.29 is 0 Å². The quantitative estimate of drug-likeness (QED) is 0.660. The highest BCUT2D eigenvalue weighted by atomic mass is 79.9. The van der Waals surface area contributed by atoms with Crippen LogP contribution in [-0.2, 0) is 0 Å². The van der Waals surface area contributed by atoms with Crippen LogP contribution in [0.15, 0.2) is 22.8 Å². The number of hydrazine groups is 1. The minimum absolute atomic E-state index is 0.187. The third kappa shape index (κ3) is 3.31. The summed E-state index contributed by atoms with van der Waals surface area (Å²) in [4.78, 5) is 4.49. The van der Waals surface area contributed by atoms with E-state index in [1.54, 1.807) is 0 Å². The molecule has 1 aromatic heterocycles. The van der Waals surface area contributed by atoms with E-state index >= 15 is 0 Å². The smallest absolute Gasteiger partial charge is 0.0660 e. The van der Waals surface area contributed by atoms with Crippen LogP contribution in [0.25, 0.3) is 0 Å². The van der Waals surface area contributed by atoms with E-state index in [-0.39, 0.29) is 6.04 Å². The molecule has 0 amide bonds. The number of nitrogens with zero attached hydrogens (tertiary/aromatic N) is 1. The van der Waals surface area contributed by atoms with Crippen LogP contribution in [-0.4, -0.2) is 4.98 Å². The van der Waals surface area contributed by atoms with E-state index in [4.69, 9.17) is 5.84 Å². The van der Waals surface area contributed by atoms with E-state index < -0.39 is 0 Å². The molecule has 100 valence electrons. The molecule has 1 aliphatic rings. The van der Waals surface area contributed by atoms with Gasteiger partial charge in [0.05, 0.1) is 11.7 Å². The van der Waals surface area contributed by atoms with Crippen LogP contribution < -0.4 is 11.3 Å². The summed E-state index contributed by atoms with van der Waals surface area (Å²) >= 11 is 3.42. The number of rotatable bonds is 4. The minimum atomic E-state index is 0.187. The second-order valence-electron chi connectivity index (χ2n) is 5.25. The van der Waals surface area contributed by atoms with E-state index in [1.165, 1.54) is 32.1 Å². The number of nitrogens with two attached hydrogens (primary N) is 1. The molecule has 3 unspecified atom stereocenters. The van der Waals surface area contributed by atoms with Crippen LogP contribution in [0.1, 0.15) is 50.8 Å². The molecule has 18 heavy (non-hydrogen) atoms. The Morgan fingerprint density at radius 3 is 2.94 bits per heavy atom. The molecule has 3 nitrogen and oxygen atoms in total. The van der Waals surface area contributed by atoms with Crippen molar-refractivity contribution in [3.8, 4) is 0 Å². The molecule has 1 aromatic rings. The van der Waals surface area contributed by atoms with Crippen molar-refractivity contribution in [2.75, 3.05) is 0 Å². The summed E-state index contributed by atoms with van der Waals surface area (Å²) in [6.45, 7) is 2.29. The van der Waals surface area contributed by atoms with E-state index in [2.05, 4.69) is 39.3 Å². The first kappa shape index (κ1) is 14.0. The Morgan fingerprint density at radius 2 is 2.33 bits per heavy atom. The molecule has 1 heterocycles. The number of hydrogen-bond acceptors (Lipinski definition) is 3. The highest BCUT2D eigenvalue weighted by Gasteiger charge is 2.28. The van der Waals surface area contributed by atoms with Crippen LogP contribution in [0.2, 0.25) is 0 Å². The van der Waals surface area contributed by atoms with E-state index in [0.717, 1.165) is 16.1 Å². The van der Waals surface area contributed by atoms with Crippen LogP contribution >= 0.6 is 15.9 Å². The van der Waals surface area contributed by atoms with Gasteiger partial charge in [-0.05, 0) is 52.7 Å². The monoisotopic (exact) mass is 311 g/mol. The summed E-state index contributed by atoms with van der Waals surface area (Å²) in [6, 6.07) is 4.28. The summed E-state index contributed by atoms with van der Waals surface area (Å²) in [7, 11) is 0. The Balaban J connectivity index is 2.10. The lowest BCUT2D eigenvalue weighted by molar-refractivity contribution is 0.207. The molecule has 3 N–H and O–H groups in total. The highest BCUT2D eigenvalue weighted by molar-refractivity contribution is 9.10. The fourth-order valence-electron chi connectivity index (χ4n) is 3.04. The lowest BCUT2D eigenvalue weighted by Gasteiger charge is -2.33. The molecule has 0 spiro atoms. The largest absolute Gasteiger partial charge is 0.271 e. The number of pyridine rings is 1. The van der Waals surface area contributed by atoms with Gasteiger partial charge in [0.2, 0.25) is 0 Å². The lowest BCUT2D eigenvalue weighted by atomic mass is 9.76. The summed E-state index contributed by atoms with van der Waals surface area (Å²) in [5.41, 5.74) is 4.03. The Hall–Kier alpha value is -0.450. The molecule has 2 rings (SSSR count). The van der Waals surface area contributed by atoms with Gasteiger partial charge in [-0.2, -0.15) is 0 Å². The van der Waals surface area contributed by atoms with Gasteiger partial charge in [0.1, 0.15) is 0 Å². The molecule has 1 fully saturated rings. The summed E-state index contributed by atoms with van der Waals surface area (Å²) < 4.78 is 1.01. The van der Waals surface area contributed by atoms with Gasteiger partial charge >= 0.3 is 0 Å². The maximum Gasteiger partial charge on any atom is 0.0660 e. The van der Waals surface area contributed by atoms with Gasteiger partial charge in [0.25, 0.3) is 0 Å². The Morgan fingerprint density at radius 1 is 1.50 bits per heavy atom. The van der Waals surface area contributed by atoms with Crippen molar-refractivity contribution in [3.63, 3.8) is 0 Å². The first-order valence-electron chi connectivity index (χ1n) is 6.82. The van der Waals surface area contributed by atoms with Crippen molar-refractivity contribution in [3.05, 3.63) is 28.5 Å².